The largest absolute Gasteiger partial charge is 0.493 e. The van der Waals surface area contributed by atoms with Gasteiger partial charge in [0.05, 0.1) is 12.7 Å². The van der Waals surface area contributed by atoms with Crippen LogP contribution in [0.5, 0.6) is 11.5 Å². The summed E-state index contributed by atoms with van der Waals surface area (Å²) in [5, 5.41) is 0. The van der Waals surface area contributed by atoms with Crippen LogP contribution in [-0.4, -0.2) is 44.5 Å². The Balaban J connectivity index is 1.91. The first-order chi connectivity index (χ1) is 9.85. The highest BCUT2D eigenvalue weighted by Crippen LogP contribution is 2.29. The fourth-order valence-electron chi connectivity index (χ4n) is 2.58. The summed E-state index contributed by atoms with van der Waals surface area (Å²) in [5.74, 6) is 1.17. The molecule has 0 saturated carbocycles. The Bertz CT molecular complexity index is 426. The van der Waals surface area contributed by atoms with E-state index in [1.165, 1.54) is 25.7 Å². The van der Waals surface area contributed by atoms with E-state index in [-0.39, 0.29) is 0 Å². The molecule has 0 radical (unpaired) electrons. The van der Waals surface area contributed by atoms with Crippen LogP contribution in [0.25, 0.3) is 0 Å². The molecule has 0 spiro atoms. The standard InChI is InChI=1S/C16H23NO3/c1-19-15-8-6-7-14(13-18)16(15)20-12-11-17-9-4-2-3-5-10-17/h6-8,13H,2-5,9-12H2,1H3. The second kappa shape index (κ2) is 7.90. The Kier molecular flexibility index (Phi) is 5.87. The van der Waals surface area contributed by atoms with Crippen molar-refractivity contribution in [2.75, 3.05) is 33.4 Å². The third-order valence-corrected chi connectivity index (χ3v) is 3.71. The molecule has 0 amide bonds. The quantitative estimate of drug-likeness (QED) is 0.749. The maximum atomic E-state index is 11.1. The average molecular weight is 277 g/mol. The molecular formula is C16H23NO3. The normalized spacial score (nSPS) is 16.4. The Hall–Kier alpha value is -1.55. The van der Waals surface area contributed by atoms with E-state index in [1.54, 1.807) is 19.2 Å². The van der Waals surface area contributed by atoms with Gasteiger partial charge in [0.25, 0.3) is 0 Å². The molecule has 0 atom stereocenters. The van der Waals surface area contributed by atoms with Gasteiger partial charge in [-0.05, 0) is 38.1 Å². The molecule has 0 unspecified atom stereocenters. The first-order valence-electron chi connectivity index (χ1n) is 7.32. The molecule has 4 nitrogen and oxygen atoms in total. The minimum absolute atomic E-state index is 0.542. The van der Waals surface area contributed by atoms with E-state index < -0.39 is 0 Å². The summed E-state index contributed by atoms with van der Waals surface area (Å²) in [6.07, 6.45) is 6.02. The van der Waals surface area contributed by atoms with Gasteiger partial charge in [0.2, 0.25) is 0 Å². The number of ether oxygens (including phenoxy) is 2. The number of aldehydes is 1. The number of methoxy groups -OCH3 is 1. The van der Waals surface area contributed by atoms with Crippen molar-refractivity contribution >= 4 is 6.29 Å². The number of carbonyl (C=O) groups is 1. The molecule has 0 aromatic heterocycles. The summed E-state index contributed by atoms with van der Waals surface area (Å²) < 4.78 is 11.0. The van der Waals surface area contributed by atoms with E-state index in [0.29, 0.717) is 23.7 Å². The molecule has 20 heavy (non-hydrogen) atoms. The van der Waals surface area contributed by atoms with Crippen LogP contribution in [0.1, 0.15) is 36.0 Å². The number of hydrogen-bond acceptors (Lipinski definition) is 4. The van der Waals surface area contributed by atoms with E-state index in [9.17, 15) is 4.79 Å². The lowest BCUT2D eigenvalue weighted by atomic mass is 10.2. The summed E-state index contributed by atoms with van der Waals surface area (Å²) >= 11 is 0. The van der Waals surface area contributed by atoms with Gasteiger partial charge in [-0.25, -0.2) is 0 Å². The van der Waals surface area contributed by atoms with Crippen molar-refractivity contribution < 1.29 is 14.3 Å². The van der Waals surface area contributed by atoms with Gasteiger partial charge in [-0.15, -0.1) is 0 Å². The number of likely N-dealkylation sites (tertiary alicyclic amines) is 1. The van der Waals surface area contributed by atoms with Crippen LogP contribution in [0, 0.1) is 0 Å². The maximum Gasteiger partial charge on any atom is 0.171 e. The summed E-state index contributed by atoms with van der Waals surface area (Å²) in [7, 11) is 1.59. The molecule has 110 valence electrons. The molecule has 1 aliphatic heterocycles. The number of nitrogens with zero attached hydrogens (tertiary/aromatic N) is 1. The fraction of sp³-hybridized carbons (Fsp3) is 0.562. The number of benzene rings is 1. The topological polar surface area (TPSA) is 38.8 Å². The van der Waals surface area contributed by atoms with Gasteiger partial charge in [0.15, 0.2) is 17.8 Å². The second-order valence-corrected chi connectivity index (χ2v) is 5.10. The lowest BCUT2D eigenvalue weighted by Gasteiger charge is -2.20. The van der Waals surface area contributed by atoms with Gasteiger partial charge in [0, 0.05) is 6.54 Å². The smallest absolute Gasteiger partial charge is 0.171 e. The van der Waals surface area contributed by atoms with Crippen molar-refractivity contribution in [3.05, 3.63) is 23.8 Å². The molecule has 1 fully saturated rings. The van der Waals surface area contributed by atoms with Gasteiger partial charge in [-0.1, -0.05) is 18.9 Å². The zero-order chi connectivity index (χ0) is 14.2. The third kappa shape index (κ3) is 3.97. The molecule has 0 N–H and O–H groups in total. The SMILES string of the molecule is COc1cccc(C=O)c1OCCN1CCCCCC1. The zero-order valence-electron chi connectivity index (χ0n) is 12.1. The van der Waals surface area contributed by atoms with Crippen molar-refractivity contribution in [3.8, 4) is 11.5 Å². The van der Waals surface area contributed by atoms with Crippen LogP contribution in [0.4, 0.5) is 0 Å². The van der Waals surface area contributed by atoms with E-state index in [4.69, 9.17) is 9.47 Å². The van der Waals surface area contributed by atoms with E-state index in [0.717, 1.165) is 25.9 Å². The molecular weight excluding hydrogens is 254 g/mol. The molecule has 1 aliphatic rings. The van der Waals surface area contributed by atoms with Crippen molar-refractivity contribution in [2.24, 2.45) is 0 Å². The highest BCUT2D eigenvalue weighted by molar-refractivity contribution is 5.81. The lowest BCUT2D eigenvalue weighted by Crippen LogP contribution is -2.29. The van der Waals surface area contributed by atoms with Gasteiger partial charge in [-0.2, -0.15) is 0 Å². The van der Waals surface area contributed by atoms with Crippen molar-refractivity contribution in [3.63, 3.8) is 0 Å². The maximum absolute atomic E-state index is 11.1. The fourth-order valence-corrected chi connectivity index (χ4v) is 2.58. The van der Waals surface area contributed by atoms with E-state index in [2.05, 4.69) is 4.90 Å². The summed E-state index contributed by atoms with van der Waals surface area (Å²) in [6, 6.07) is 5.36. The molecule has 1 heterocycles. The molecule has 4 heteroatoms. The van der Waals surface area contributed by atoms with Crippen LogP contribution >= 0.6 is 0 Å². The molecule has 1 saturated heterocycles. The Morgan fingerprint density at radius 3 is 2.60 bits per heavy atom. The van der Waals surface area contributed by atoms with Crippen molar-refractivity contribution in [1.82, 2.24) is 4.90 Å². The molecule has 0 aliphatic carbocycles. The van der Waals surface area contributed by atoms with Gasteiger partial charge in [-0.3, -0.25) is 9.69 Å². The Morgan fingerprint density at radius 2 is 1.95 bits per heavy atom. The summed E-state index contributed by atoms with van der Waals surface area (Å²) in [6.45, 7) is 3.78. The summed E-state index contributed by atoms with van der Waals surface area (Å²) in [4.78, 5) is 13.5. The van der Waals surface area contributed by atoms with Gasteiger partial charge < -0.3 is 9.47 Å². The summed E-state index contributed by atoms with van der Waals surface area (Å²) in [5.41, 5.74) is 0.542. The minimum Gasteiger partial charge on any atom is -0.493 e. The number of rotatable bonds is 6. The predicted octanol–water partition coefficient (Wildman–Crippen LogP) is 2.76. The monoisotopic (exact) mass is 277 g/mol. The van der Waals surface area contributed by atoms with E-state index in [1.807, 2.05) is 6.07 Å². The highest BCUT2D eigenvalue weighted by atomic mass is 16.5. The molecule has 2 rings (SSSR count). The molecule has 0 bridgehead atoms. The van der Waals surface area contributed by atoms with Crippen LogP contribution in [0.2, 0.25) is 0 Å². The van der Waals surface area contributed by atoms with Crippen LogP contribution in [0.3, 0.4) is 0 Å². The van der Waals surface area contributed by atoms with Crippen molar-refractivity contribution in [1.29, 1.82) is 0 Å². The van der Waals surface area contributed by atoms with Gasteiger partial charge in [0.1, 0.15) is 6.61 Å². The third-order valence-electron chi connectivity index (χ3n) is 3.71. The molecule has 1 aromatic rings. The lowest BCUT2D eigenvalue weighted by molar-refractivity contribution is 0.111. The number of hydrogen-bond donors (Lipinski definition) is 0. The van der Waals surface area contributed by atoms with Crippen LogP contribution in [-0.2, 0) is 0 Å². The van der Waals surface area contributed by atoms with Crippen LogP contribution < -0.4 is 9.47 Å². The molecule has 1 aromatic carbocycles. The second-order valence-electron chi connectivity index (χ2n) is 5.10. The minimum atomic E-state index is 0.542. The number of carbonyl (C=O) groups excluding carboxylic acids is 1. The highest BCUT2D eigenvalue weighted by Gasteiger charge is 2.12. The number of para-hydroxylation sites is 1. The first-order valence-corrected chi connectivity index (χ1v) is 7.32. The van der Waals surface area contributed by atoms with Gasteiger partial charge >= 0.3 is 0 Å². The first kappa shape index (κ1) is 14.9. The van der Waals surface area contributed by atoms with Crippen LogP contribution in [0.15, 0.2) is 18.2 Å². The zero-order valence-corrected chi connectivity index (χ0v) is 12.1. The average Bonchev–Trinajstić information content (AvgIpc) is 2.76. The van der Waals surface area contributed by atoms with Crippen molar-refractivity contribution in [2.45, 2.75) is 25.7 Å². The predicted molar refractivity (Wildman–Crippen MR) is 78.8 cm³/mol. The Labute approximate surface area is 120 Å². The van der Waals surface area contributed by atoms with E-state index >= 15 is 0 Å². The Morgan fingerprint density at radius 1 is 1.20 bits per heavy atom.